The van der Waals surface area contributed by atoms with E-state index in [0.717, 1.165) is 5.69 Å². The normalized spacial score (nSPS) is 11.3. The molecule has 2 nitrogen and oxygen atoms in total. The first-order valence-corrected chi connectivity index (χ1v) is 16.1. The van der Waals surface area contributed by atoms with E-state index in [2.05, 4.69) is 156 Å². The van der Waals surface area contributed by atoms with E-state index in [1.165, 1.54) is 82.6 Å². The van der Waals surface area contributed by atoms with Crippen LogP contribution in [0.1, 0.15) is 27.7 Å². The molecule has 1 aromatic heterocycles. The van der Waals surface area contributed by atoms with Crippen molar-refractivity contribution in [1.82, 2.24) is 4.57 Å². The molecule has 46 heavy (non-hydrogen) atoms. The number of rotatable bonds is 2. The number of benzene rings is 7. The Hall–Kier alpha value is -5.60. The van der Waals surface area contributed by atoms with Crippen molar-refractivity contribution >= 4 is 54.7 Å². The molecule has 9 rings (SSSR count). The van der Waals surface area contributed by atoms with Crippen LogP contribution < -0.4 is 5.32 Å². The predicted octanol–water partition coefficient (Wildman–Crippen LogP) is 13.1. The third kappa shape index (κ3) is 4.93. The third-order valence-corrected chi connectivity index (χ3v) is 8.49. The Morgan fingerprint density at radius 2 is 1.17 bits per heavy atom. The summed E-state index contributed by atoms with van der Waals surface area (Å²) < 4.78 is 2.39. The summed E-state index contributed by atoms with van der Waals surface area (Å²) in [6.45, 7) is 11.5. The van der Waals surface area contributed by atoms with Crippen molar-refractivity contribution in [2.24, 2.45) is 0 Å². The van der Waals surface area contributed by atoms with E-state index in [1.54, 1.807) is 0 Å². The molecule has 0 unspecified atom stereocenters. The predicted molar refractivity (Wildman–Crippen MR) is 202 cm³/mol. The first-order valence-electron chi connectivity index (χ1n) is 16.1. The van der Waals surface area contributed by atoms with Crippen LogP contribution in [0.5, 0.6) is 0 Å². The lowest BCUT2D eigenvalue weighted by Crippen LogP contribution is -2.02. The van der Waals surface area contributed by atoms with Crippen molar-refractivity contribution in [2.45, 2.75) is 27.7 Å². The average Bonchev–Trinajstić information content (AvgIpc) is 3.42. The van der Waals surface area contributed by atoms with Gasteiger partial charge in [0.15, 0.2) is 0 Å². The molecule has 0 fully saturated rings. The molecule has 8 aromatic rings. The summed E-state index contributed by atoms with van der Waals surface area (Å²) in [5, 5.41) is 11.4. The minimum atomic E-state index is 1.16. The lowest BCUT2D eigenvalue weighted by molar-refractivity contribution is 1.18. The highest BCUT2D eigenvalue weighted by molar-refractivity contribution is 6.17. The van der Waals surface area contributed by atoms with Gasteiger partial charge in [-0.1, -0.05) is 116 Å². The summed E-state index contributed by atoms with van der Waals surface area (Å²) in [6, 6.07) is 50.8. The van der Waals surface area contributed by atoms with E-state index in [0.29, 0.717) is 0 Å². The maximum Gasteiger partial charge on any atom is 0.0547 e. The standard InChI is InChI=1S/C38H24N2.C4H8.C2H6/c1-2-11-27(12-3-1)40-36-16-7-6-13-29(36)30-18-17-26(23-37(30)40)28-19-20-34-38-31(28)14-8-15-32(38)33-21-24-9-4-5-10-25(24)22-35(33)39-34;1-4(2)3;1-2/h1-23,39H;1H2,2-3H3;1-2H3. The van der Waals surface area contributed by atoms with E-state index in [4.69, 9.17) is 0 Å². The number of para-hydroxylation sites is 2. The molecule has 1 aliphatic heterocycles. The van der Waals surface area contributed by atoms with Crippen molar-refractivity contribution in [3.8, 4) is 27.9 Å². The first kappa shape index (κ1) is 29.1. The summed E-state index contributed by atoms with van der Waals surface area (Å²) in [5.74, 6) is 0. The zero-order chi connectivity index (χ0) is 31.8. The van der Waals surface area contributed by atoms with Crippen molar-refractivity contribution in [1.29, 1.82) is 0 Å². The van der Waals surface area contributed by atoms with E-state index in [1.807, 2.05) is 27.7 Å². The van der Waals surface area contributed by atoms with Crippen molar-refractivity contribution in [3.63, 3.8) is 0 Å². The van der Waals surface area contributed by atoms with E-state index >= 15 is 0 Å². The molecule has 2 heterocycles. The van der Waals surface area contributed by atoms with Gasteiger partial charge in [-0.25, -0.2) is 0 Å². The van der Waals surface area contributed by atoms with E-state index < -0.39 is 0 Å². The molecule has 0 radical (unpaired) electrons. The van der Waals surface area contributed by atoms with Gasteiger partial charge in [0, 0.05) is 38.8 Å². The Kier molecular flexibility index (Phi) is 7.64. The third-order valence-electron chi connectivity index (χ3n) is 8.49. The number of anilines is 2. The molecule has 224 valence electrons. The Morgan fingerprint density at radius 3 is 1.96 bits per heavy atom. The van der Waals surface area contributed by atoms with Crippen molar-refractivity contribution in [3.05, 3.63) is 152 Å². The van der Waals surface area contributed by atoms with Gasteiger partial charge in [0.2, 0.25) is 0 Å². The molecule has 1 N–H and O–H groups in total. The fourth-order valence-corrected chi connectivity index (χ4v) is 6.69. The number of nitrogens with zero attached hydrogens (tertiary/aromatic N) is 1. The van der Waals surface area contributed by atoms with Gasteiger partial charge in [-0.2, -0.15) is 0 Å². The molecule has 0 atom stereocenters. The summed E-state index contributed by atoms with van der Waals surface area (Å²) >= 11 is 0. The molecule has 0 saturated carbocycles. The Bertz CT molecular complexity index is 2390. The maximum absolute atomic E-state index is 3.75. The molecular formula is C44H38N2. The smallest absolute Gasteiger partial charge is 0.0547 e. The molecule has 0 saturated heterocycles. The maximum atomic E-state index is 3.75. The topological polar surface area (TPSA) is 17.0 Å². The molecule has 0 amide bonds. The van der Waals surface area contributed by atoms with Crippen LogP contribution in [-0.4, -0.2) is 4.57 Å². The SMILES string of the molecule is C=C(C)C.CC.c1ccc(-n2c3ccccc3c3ccc(-c4ccc5c6c(cccc46)-c4cc6ccccc6cc4N5)cc32)cc1. The first-order chi connectivity index (χ1) is 22.6. The number of aromatic nitrogens is 1. The molecule has 0 spiro atoms. The fourth-order valence-electron chi connectivity index (χ4n) is 6.69. The van der Waals surface area contributed by atoms with E-state index in [-0.39, 0.29) is 0 Å². The lowest BCUT2D eigenvalue weighted by Gasteiger charge is -2.24. The Labute approximate surface area is 271 Å². The minimum absolute atomic E-state index is 1.16. The Morgan fingerprint density at radius 1 is 0.522 bits per heavy atom. The van der Waals surface area contributed by atoms with Gasteiger partial charge in [0.1, 0.15) is 0 Å². The van der Waals surface area contributed by atoms with Gasteiger partial charge in [0.25, 0.3) is 0 Å². The van der Waals surface area contributed by atoms with Gasteiger partial charge in [-0.05, 0) is 89.2 Å². The van der Waals surface area contributed by atoms with Gasteiger partial charge in [-0.15, -0.1) is 6.58 Å². The highest BCUT2D eigenvalue weighted by Crippen LogP contribution is 2.47. The number of hydrogen-bond donors (Lipinski definition) is 1. The fraction of sp³-hybridized carbons (Fsp3) is 0.0909. The van der Waals surface area contributed by atoms with Crippen molar-refractivity contribution < 1.29 is 0 Å². The summed E-state index contributed by atoms with van der Waals surface area (Å²) in [5.41, 5.74) is 12.1. The van der Waals surface area contributed by atoms with Gasteiger partial charge >= 0.3 is 0 Å². The minimum Gasteiger partial charge on any atom is -0.354 e. The molecule has 0 bridgehead atoms. The molecule has 1 aliphatic rings. The molecule has 2 heteroatoms. The van der Waals surface area contributed by atoms with Crippen LogP contribution in [-0.2, 0) is 0 Å². The van der Waals surface area contributed by atoms with Gasteiger partial charge < -0.3 is 9.88 Å². The van der Waals surface area contributed by atoms with Crippen LogP contribution in [0, 0.1) is 0 Å². The number of nitrogens with one attached hydrogen (secondary N) is 1. The zero-order valence-electron chi connectivity index (χ0n) is 26.9. The molecule has 7 aromatic carbocycles. The van der Waals surface area contributed by atoms with Crippen LogP contribution >= 0.6 is 0 Å². The summed E-state index contributed by atoms with van der Waals surface area (Å²) in [4.78, 5) is 0. The van der Waals surface area contributed by atoms with Crippen LogP contribution in [0.15, 0.2) is 152 Å². The summed E-state index contributed by atoms with van der Waals surface area (Å²) in [7, 11) is 0. The number of hydrogen-bond acceptors (Lipinski definition) is 1. The second-order valence-corrected chi connectivity index (χ2v) is 11.9. The van der Waals surface area contributed by atoms with Crippen LogP contribution in [0.2, 0.25) is 0 Å². The van der Waals surface area contributed by atoms with Gasteiger partial charge in [0.05, 0.1) is 11.0 Å². The van der Waals surface area contributed by atoms with Gasteiger partial charge in [-0.3, -0.25) is 0 Å². The highest BCUT2D eigenvalue weighted by atomic mass is 15.0. The largest absolute Gasteiger partial charge is 0.354 e. The van der Waals surface area contributed by atoms with Crippen molar-refractivity contribution in [2.75, 3.05) is 5.32 Å². The Balaban J connectivity index is 0.000000526. The van der Waals surface area contributed by atoms with Crippen LogP contribution in [0.3, 0.4) is 0 Å². The quantitative estimate of drug-likeness (QED) is 0.197. The van der Waals surface area contributed by atoms with E-state index in [9.17, 15) is 0 Å². The highest BCUT2D eigenvalue weighted by Gasteiger charge is 2.21. The lowest BCUT2D eigenvalue weighted by atomic mass is 9.88. The second-order valence-electron chi connectivity index (χ2n) is 11.9. The molecule has 0 aliphatic carbocycles. The number of fused-ring (bicyclic) bond motifs is 6. The van der Waals surface area contributed by atoms with Crippen LogP contribution in [0.4, 0.5) is 11.4 Å². The summed E-state index contributed by atoms with van der Waals surface area (Å²) in [6.07, 6.45) is 0. The molecular weight excluding hydrogens is 556 g/mol. The monoisotopic (exact) mass is 594 g/mol. The van der Waals surface area contributed by atoms with Crippen LogP contribution in [0.25, 0.3) is 71.3 Å². The number of allylic oxidation sites excluding steroid dienone is 1. The average molecular weight is 595 g/mol. The zero-order valence-corrected chi connectivity index (χ0v) is 26.9. The second kappa shape index (κ2) is 12.1.